The smallest absolute Gasteiger partial charge is 0.240 e. The van der Waals surface area contributed by atoms with Gasteiger partial charge in [0.1, 0.15) is 0 Å². The lowest BCUT2D eigenvalue weighted by Gasteiger charge is -2.31. The topological polar surface area (TPSA) is 83.6 Å². The second kappa shape index (κ2) is 6.58. The van der Waals surface area contributed by atoms with Crippen LogP contribution >= 0.6 is 0 Å². The first-order chi connectivity index (χ1) is 10.3. The number of piperidine rings is 1. The van der Waals surface area contributed by atoms with Gasteiger partial charge in [-0.3, -0.25) is 9.59 Å². The maximum atomic E-state index is 12.4. The maximum absolute atomic E-state index is 12.4. The number of rotatable bonds is 4. The van der Waals surface area contributed by atoms with Crippen molar-refractivity contribution < 1.29 is 18.0 Å². The first-order valence-electron chi connectivity index (χ1n) is 7.18. The number of Topliss-reactive ketones (excluding diaryl/α,β-unsaturated/α-hetero) is 1. The van der Waals surface area contributed by atoms with E-state index < -0.39 is 10.0 Å². The van der Waals surface area contributed by atoms with Crippen LogP contribution in [0.4, 0.5) is 0 Å². The third-order valence-corrected chi connectivity index (χ3v) is 5.33. The number of nitrogens with zero attached hydrogens (tertiary/aromatic N) is 1. The molecule has 1 saturated heterocycles. The minimum atomic E-state index is -3.66. The van der Waals surface area contributed by atoms with E-state index in [0.717, 1.165) is 0 Å². The molecule has 0 unspecified atom stereocenters. The van der Waals surface area contributed by atoms with Crippen molar-refractivity contribution in [2.24, 2.45) is 0 Å². The summed E-state index contributed by atoms with van der Waals surface area (Å²) in [6, 6.07) is 5.81. The van der Waals surface area contributed by atoms with E-state index in [9.17, 15) is 18.0 Å². The van der Waals surface area contributed by atoms with Crippen molar-refractivity contribution in [1.82, 2.24) is 9.62 Å². The molecule has 1 heterocycles. The molecule has 0 bridgehead atoms. The minimum Gasteiger partial charge on any atom is -0.343 e. The van der Waals surface area contributed by atoms with E-state index in [1.165, 1.54) is 26.0 Å². The van der Waals surface area contributed by atoms with Crippen molar-refractivity contribution in [2.75, 3.05) is 13.1 Å². The monoisotopic (exact) mass is 324 g/mol. The zero-order valence-electron chi connectivity index (χ0n) is 12.7. The second-order valence-corrected chi connectivity index (χ2v) is 7.20. The van der Waals surface area contributed by atoms with Crippen molar-refractivity contribution in [1.29, 1.82) is 0 Å². The summed E-state index contributed by atoms with van der Waals surface area (Å²) in [5.41, 5.74) is 0.370. The molecule has 1 N–H and O–H groups in total. The Hall–Kier alpha value is -1.73. The zero-order chi connectivity index (χ0) is 16.3. The molecule has 1 aromatic carbocycles. The number of amides is 1. The molecule has 1 aromatic rings. The van der Waals surface area contributed by atoms with E-state index in [0.29, 0.717) is 31.5 Å². The molecule has 0 aromatic heterocycles. The second-order valence-electron chi connectivity index (χ2n) is 5.49. The quantitative estimate of drug-likeness (QED) is 0.843. The van der Waals surface area contributed by atoms with Crippen LogP contribution in [0.5, 0.6) is 0 Å². The summed E-state index contributed by atoms with van der Waals surface area (Å²) in [6.07, 6.45) is 1.18. The Morgan fingerprint density at radius 2 is 1.82 bits per heavy atom. The van der Waals surface area contributed by atoms with Gasteiger partial charge in [-0.15, -0.1) is 0 Å². The van der Waals surface area contributed by atoms with E-state index in [1.807, 2.05) is 0 Å². The van der Waals surface area contributed by atoms with Crippen molar-refractivity contribution in [3.63, 3.8) is 0 Å². The van der Waals surface area contributed by atoms with Gasteiger partial charge in [0.15, 0.2) is 5.78 Å². The van der Waals surface area contributed by atoms with Gasteiger partial charge in [-0.2, -0.15) is 0 Å². The van der Waals surface area contributed by atoms with Gasteiger partial charge in [0, 0.05) is 31.6 Å². The lowest BCUT2D eigenvalue weighted by Crippen LogP contribution is -2.45. The third kappa shape index (κ3) is 3.92. The molecule has 22 heavy (non-hydrogen) atoms. The number of likely N-dealkylation sites (tertiary alicyclic amines) is 1. The number of benzene rings is 1. The number of nitrogens with one attached hydrogen (secondary N) is 1. The molecule has 0 spiro atoms. The van der Waals surface area contributed by atoms with Crippen molar-refractivity contribution in [2.45, 2.75) is 37.6 Å². The highest BCUT2D eigenvalue weighted by Crippen LogP contribution is 2.16. The Kier molecular flexibility index (Phi) is 4.97. The van der Waals surface area contributed by atoms with Crippen LogP contribution in [0, 0.1) is 0 Å². The molecule has 0 aliphatic carbocycles. The largest absolute Gasteiger partial charge is 0.343 e. The number of hydrogen-bond donors (Lipinski definition) is 1. The SMILES string of the molecule is CC(=O)c1cccc(S(=O)(=O)NC2CCN(C(C)=O)CC2)c1. The molecule has 1 aliphatic rings. The average Bonchev–Trinajstić information content (AvgIpc) is 2.47. The van der Waals surface area contributed by atoms with Crippen LogP contribution in [0.15, 0.2) is 29.2 Å². The number of carbonyl (C=O) groups excluding carboxylic acids is 2. The summed E-state index contributed by atoms with van der Waals surface area (Å²) in [4.78, 5) is 24.4. The van der Waals surface area contributed by atoms with Crippen molar-refractivity contribution in [3.05, 3.63) is 29.8 Å². The van der Waals surface area contributed by atoms with E-state index in [2.05, 4.69) is 4.72 Å². The number of hydrogen-bond acceptors (Lipinski definition) is 4. The van der Waals surface area contributed by atoms with Gasteiger partial charge in [-0.25, -0.2) is 13.1 Å². The molecule has 7 heteroatoms. The Bertz CT molecular complexity index is 677. The lowest BCUT2D eigenvalue weighted by molar-refractivity contribution is -0.129. The Morgan fingerprint density at radius 3 is 2.36 bits per heavy atom. The van der Waals surface area contributed by atoms with Crippen LogP contribution in [0.2, 0.25) is 0 Å². The van der Waals surface area contributed by atoms with Gasteiger partial charge in [-0.05, 0) is 31.9 Å². The first-order valence-corrected chi connectivity index (χ1v) is 8.67. The van der Waals surface area contributed by atoms with Gasteiger partial charge in [-0.1, -0.05) is 12.1 Å². The number of carbonyl (C=O) groups is 2. The fraction of sp³-hybridized carbons (Fsp3) is 0.467. The molecule has 120 valence electrons. The summed E-state index contributed by atoms with van der Waals surface area (Å²) >= 11 is 0. The highest BCUT2D eigenvalue weighted by molar-refractivity contribution is 7.89. The summed E-state index contributed by atoms with van der Waals surface area (Å²) < 4.78 is 27.4. The fourth-order valence-corrected chi connectivity index (χ4v) is 3.83. The average molecular weight is 324 g/mol. The lowest BCUT2D eigenvalue weighted by atomic mass is 10.1. The molecule has 2 rings (SSSR count). The van der Waals surface area contributed by atoms with Gasteiger partial charge >= 0.3 is 0 Å². The number of ketones is 1. The summed E-state index contributed by atoms with van der Waals surface area (Å²) in [5, 5.41) is 0. The van der Waals surface area contributed by atoms with Gasteiger partial charge < -0.3 is 4.90 Å². The third-order valence-electron chi connectivity index (χ3n) is 3.81. The standard InChI is InChI=1S/C15H20N2O4S/c1-11(18)13-4-3-5-15(10-13)22(20,21)16-14-6-8-17(9-7-14)12(2)19/h3-5,10,14,16H,6-9H2,1-2H3. The highest BCUT2D eigenvalue weighted by Gasteiger charge is 2.25. The summed E-state index contributed by atoms with van der Waals surface area (Å²) in [7, 11) is -3.66. The molecular formula is C15H20N2O4S. The van der Waals surface area contributed by atoms with Gasteiger partial charge in [0.05, 0.1) is 4.90 Å². The van der Waals surface area contributed by atoms with E-state index in [4.69, 9.17) is 0 Å². The molecule has 1 aliphatic heterocycles. The number of sulfonamides is 1. The van der Waals surface area contributed by atoms with Crippen LogP contribution in [-0.4, -0.2) is 44.1 Å². The first kappa shape index (κ1) is 16.6. The molecule has 1 amide bonds. The molecule has 1 fully saturated rings. The van der Waals surface area contributed by atoms with Gasteiger partial charge in [0.25, 0.3) is 0 Å². The van der Waals surface area contributed by atoms with Crippen LogP contribution in [0.3, 0.4) is 0 Å². The summed E-state index contributed by atoms with van der Waals surface area (Å²) in [5.74, 6) is -0.165. The van der Waals surface area contributed by atoms with Gasteiger partial charge in [0.2, 0.25) is 15.9 Å². The van der Waals surface area contributed by atoms with Crippen molar-refractivity contribution in [3.8, 4) is 0 Å². The van der Waals surface area contributed by atoms with Crippen LogP contribution in [-0.2, 0) is 14.8 Å². The fourth-order valence-electron chi connectivity index (χ4n) is 2.48. The summed E-state index contributed by atoms with van der Waals surface area (Å²) in [6.45, 7) is 4.01. The van der Waals surface area contributed by atoms with Crippen LogP contribution in [0.1, 0.15) is 37.0 Å². The molecule has 0 atom stereocenters. The molecular weight excluding hydrogens is 304 g/mol. The Labute approximate surface area is 130 Å². The van der Waals surface area contributed by atoms with E-state index in [-0.39, 0.29) is 22.6 Å². The normalized spacial score (nSPS) is 16.5. The van der Waals surface area contributed by atoms with E-state index in [1.54, 1.807) is 17.0 Å². The van der Waals surface area contributed by atoms with Crippen LogP contribution < -0.4 is 4.72 Å². The zero-order valence-corrected chi connectivity index (χ0v) is 13.5. The van der Waals surface area contributed by atoms with E-state index >= 15 is 0 Å². The molecule has 6 nitrogen and oxygen atoms in total. The molecule has 0 saturated carbocycles. The molecule has 0 radical (unpaired) electrons. The predicted octanol–water partition coefficient (Wildman–Crippen LogP) is 1.18. The predicted molar refractivity (Wildman–Crippen MR) is 82.0 cm³/mol. The minimum absolute atomic E-state index is 0.00969. The Morgan fingerprint density at radius 1 is 1.18 bits per heavy atom. The van der Waals surface area contributed by atoms with Crippen molar-refractivity contribution >= 4 is 21.7 Å². The van der Waals surface area contributed by atoms with Crippen LogP contribution in [0.25, 0.3) is 0 Å². The maximum Gasteiger partial charge on any atom is 0.240 e. The highest BCUT2D eigenvalue weighted by atomic mass is 32.2. The Balaban J connectivity index is 2.07.